The smallest absolute Gasteiger partial charge is 0.263 e. The summed E-state index contributed by atoms with van der Waals surface area (Å²) >= 11 is 0. The molecule has 1 amide bonds. The van der Waals surface area contributed by atoms with Crippen LogP contribution in [0.1, 0.15) is 10.4 Å². The molecule has 0 aliphatic rings. The van der Waals surface area contributed by atoms with Gasteiger partial charge in [-0.15, -0.1) is 0 Å². The molecule has 0 fully saturated rings. The van der Waals surface area contributed by atoms with Gasteiger partial charge < -0.3 is 0 Å². The molecule has 2 heteroatoms. The number of amides is 1. The summed E-state index contributed by atoms with van der Waals surface area (Å²) in [5.74, 6) is 0.135. The van der Waals surface area contributed by atoms with E-state index < -0.39 is 0 Å². The molecule has 0 heterocycles. The van der Waals surface area contributed by atoms with Crippen molar-refractivity contribution in [2.75, 3.05) is 21.1 Å². The predicted molar refractivity (Wildman–Crippen MR) is 48.8 cm³/mol. The molecule has 0 atom stereocenters. The number of carbonyl (C=O) groups is 1. The minimum atomic E-state index is 0.135. The summed E-state index contributed by atoms with van der Waals surface area (Å²) in [5.41, 5.74) is 0.769. The summed E-state index contributed by atoms with van der Waals surface area (Å²) in [7, 11) is 5.61. The van der Waals surface area contributed by atoms with Gasteiger partial charge in [-0.2, -0.15) is 0 Å². The lowest BCUT2D eigenvalue weighted by Crippen LogP contribution is -2.41. The lowest BCUT2D eigenvalue weighted by Gasteiger charge is -2.20. The van der Waals surface area contributed by atoms with E-state index in [-0.39, 0.29) is 5.91 Å². The standard InChI is InChI=1S/C10H14NO/c1-11(2,3)10(12)9-7-5-4-6-8-9/h4-8H,1-3H3/q+1. The molecule has 0 radical (unpaired) electrons. The summed E-state index contributed by atoms with van der Waals surface area (Å²) < 4.78 is 0.337. The van der Waals surface area contributed by atoms with E-state index in [0.717, 1.165) is 5.56 Å². The van der Waals surface area contributed by atoms with Gasteiger partial charge in [0.15, 0.2) is 0 Å². The average molecular weight is 164 g/mol. The first-order chi connectivity index (χ1) is 5.52. The normalized spacial score (nSPS) is 11.2. The van der Waals surface area contributed by atoms with Gasteiger partial charge in [-0.05, 0) is 12.1 Å². The highest BCUT2D eigenvalue weighted by atomic mass is 16.2. The van der Waals surface area contributed by atoms with Crippen molar-refractivity contribution in [2.24, 2.45) is 0 Å². The Labute approximate surface area is 73.0 Å². The zero-order valence-electron chi connectivity index (χ0n) is 7.74. The first kappa shape index (κ1) is 8.94. The number of quaternary nitrogens is 1. The van der Waals surface area contributed by atoms with E-state index >= 15 is 0 Å². The van der Waals surface area contributed by atoms with E-state index in [2.05, 4.69) is 0 Å². The van der Waals surface area contributed by atoms with E-state index in [9.17, 15) is 4.79 Å². The first-order valence-corrected chi connectivity index (χ1v) is 3.93. The third kappa shape index (κ3) is 1.92. The molecule has 0 saturated heterocycles. The van der Waals surface area contributed by atoms with Gasteiger partial charge in [0, 0.05) is 0 Å². The van der Waals surface area contributed by atoms with Crippen LogP contribution in [0.4, 0.5) is 0 Å². The van der Waals surface area contributed by atoms with Crippen molar-refractivity contribution >= 4 is 5.91 Å². The van der Waals surface area contributed by atoms with Crippen molar-refractivity contribution in [3.63, 3.8) is 0 Å². The highest BCUT2D eigenvalue weighted by Crippen LogP contribution is 2.05. The summed E-state index contributed by atoms with van der Waals surface area (Å²) in [4.78, 5) is 11.6. The second-order valence-electron chi connectivity index (χ2n) is 3.68. The molecule has 12 heavy (non-hydrogen) atoms. The fourth-order valence-electron chi connectivity index (χ4n) is 0.968. The van der Waals surface area contributed by atoms with E-state index in [1.807, 2.05) is 51.5 Å². The van der Waals surface area contributed by atoms with Gasteiger partial charge >= 0.3 is 5.91 Å². The Hall–Kier alpha value is -1.15. The molecule has 0 saturated carbocycles. The average Bonchev–Trinajstić information content (AvgIpc) is 2.03. The molecular weight excluding hydrogens is 150 g/mol. The molecule has 64 valence electrons. The second-order valence-corrected chi connectivity index (χ2v) is 3.68. The molecule has 0 N–H and O–H groups in total. The van der Waals surface area contributed by atoms with Crippen LogP contribution >= 0.6 is 0 Å². The fourth-order valence-corrected chi connectivity index (χ4v) is 0.968. The van der Waals surface area contributed by atoms with Crippen LogP contribution in [0.5, 0.6) is 0 Å². The Morgan fingerprint density at radius 3 is 2.00 bits per heavy atom. The third-order valence-corrected chi connectivity index (χ3v) is 1.63. The topological polar surface area (TPSA) is 17.1 Å². The molecule has 0 aromatic heterocycles. The van der Waals surface area contributed by atoms with E-state index in [0.29, 0.717) is 4.48 Å². The molecule has 1 aromatic rings. The number of benzene rings is 1. The number of hydrogen-bond donors (Lipinski definition) is 0. The molecule has 0 spiro atoms. The van der Waals surface area contributed by atoms with Crippen molar-refractivity contribution in [1.82, 2.24) is 0 Å². The quantitative estimate of drug-likeness (QED) is 0.575. The maximum Gasteiger partial charge on any atom is 0.345 e. The number of hydrogen-bond acceptors (Lipinski definition) is 1. The van der Waals surface area contributed by atoms with Gasteiger partial charge in [0.1, 0.15) is 0 Å². The van der Waals surface area contributed by atoms with Gasteiger partial charge in [-0.25, -0.2) is 4.79 Å². The van der Waals surface area contributed by atoms with Gasteiger partial charge in [0.2, 0.25) is 0 Å². The number of rotatable bonds is 1. The van der Waals surface area contributed by atoms with Crippen molar-refractivity contribution in [3.8, 4) is 0 Å². The Kier molecular flexibility index (Phi) is 2.29. The lowest BCUT2D eigenvalue weighted by atomic mass is 10.2. The molecule has 1 aromatic carbocycles. The molecule has 1 rings (SSSR count). The summed E-state index contributed by atoms with van der Waals surface area (Å²) in [6.07, 6.45) is 0. The third-order valence-electron chi connectivity index (χ3n) is 1.63. The number of carbonyl (C=O) groups excluding carboxylic acids is 1. The van der Waals surface area contributed by atoms with Gasteiger partial charge in [0.25, 0.3) is 0 Å². The molecule has 2 nitrogen and oxygen atoms in total. The van der Waals surface area contributed by atoms with Gasteiger partial charge in [0.05, 0.1) is 26.7 Å². The van der Waals surface area contributed by atoms with Crippen LogP contribution in [-0.4, -0.2) is 31.5 Å². The van der Waals surface area contributed by atoms with Crippen molar-refractivity contribution in [2.45, 2.75) is 0 Å². The van der Waals surface area contributed by atoms with Crippen LogP contribution in [0.15, 0.2) is 30.3 Å². The van der Waals surface area contributed by atoms with Crippen LogP contribution in [0.25, 0.3) is 0 Å². The van der Waals surface area contributed by atoms with Gasteiger partial charge in [-0.3, -0.25) is 4.48 Å². The van der Waals surface area contributed by atoms with Crippen molar-refractivity contribution in [1.29, 1.82) is 0 Å². The zero-order valence-corrected chi connectivity index (χ0v) is 7.74. The number of nitrogens with zero attached hydrogens (tertiary/aromatic N) is 1. The second kappa shape index (κ2) is 3.07. The van der Waals surface area contributed by atoms with Crippen molar-refractivity contribution in [3.05, 3.63) is 35.9 Å². The van der Waals surface area contributed by atoms with Crippen LogP contribution in [0, 0.1) is 0 Å². The lowest BCUT2D eigenvalue weighted by molar-refractivity contribution is -0.785. The van der Waals surface area contributed by atoms with Crippen molar-refractivity contribution < 1.29 is 9.28 Å². The Morgan fingerprint density at radius 1 is 1.08 bits per heavy atom. The van der Waals surface area contributed by atoms with E-state index in [4.69, 9.17) is 0 Å². The highest BCUT2D eigenvalue weighted by molar-refractivity contribution is 5.88. The van der Waals surface area contributed by atoms with Crippen LogP contribution in [0.2, 0.25) is 0 Å². The molecule has 0 bridgehead atoms. The van der Waals surface area contributed by atoms with Crippen LogP contribution in [-0.2, 0) is 0 Å². The summed E-state index contributed by atoms with van der Waals surface area (Å²) in [6, 6.07) is 9.34. The van der Waals surface area contributed by atoms with E-state index in [1.54, 1.807) is 0 Å². The summed E-state index contributed by atoms with van der Waals surface area (Å²) in [6.45, 7) is 0. The zero-order chi connectivity index (χ0) is 9.19. The first-order valence-electron chi connectivity index (χ1n) is 3.93. The Morgan fingerprint density at radius 2 is 1.58 bits per heavy atom. The molecule has 0 unspecified atom stereocenters. The predicted octanol–water partition coefficient (Wildman–Crippen LogP) is 1.53. The minimum absolute atomic E-state index is 0.135. The maximum atomic E-state index is 11.6. The van der Waals surface area contributed by atoms with Crippen LogP contribution < -0.4 is 0 Å². The molecule has 0 aliphatic heterocycles. The molecular formula is C10H14NO+. The monoisotopic (exact) mass is 164 g/mol. The Bertz CT molecular complexity index is 272. The minimum Gasteiger partial charge on any atom is -0.263 e. The summed E-state index contributed by atoms with van der Waals surface area (Å²) in [5, 5.41) is 0. The van der Waals surface area contributed by atoms with Gasteiger partial charge in [-0.1, -0.05) is 18.2 Å². The largest absolute Gasteiger partial charge is 0.345 e. The SMILES string of the molecule is C[N+](C)(C)C(=O)c1ccccc1. The fraction of sp³-hybridized carbons (Fsp3) is 0.300. The highest BCUT2D eigenvalue weighted by Gasteiger charge is 2.21. The maximum absolute atomic E-state index is 11.6. The molecule has 0 aliphatic carbocycles. The van der Waals surface area contributed by atoms with Crippen LogP contribution in [0.3, 0.4) is 0 Å². The van der Waals surface area contributed by atoms with E-state index in [1.165, 1.54) is 0 Å². The Balaban J connectivity index is 2.94.